The molecule has 0 aliphatic carbocycles. The predicted octanol–water partition coefficient (Wildman–Crippen LogP) is 7.38. The van der Waals surface area contributed by atoms with Gasteiger partial charge in [0.05, 0.1) is 35.3 Å². The smallest absolute Gasteiger partial charge is 0.416 e. The number of thioether (sulfide) groups is 1. The van der Waals surface area contributed by atoms with Crippen LogP contribution < -0.4 is 16.0 Å². The van der Waals surface area contributed by atoms with Gasteiger partial charge in [0.2, 0.25) is 0 Å². The van der Waals surface area contributed by atoms with Gasteiger partial charge in [-0.2, -0.15) is 13.2 Å². The van der Waals surface area contributed by atoms with Crippen molar-refractivity contribution in [2.75, 3.05) is 12.9 Å². The Morgan fingerprint density at radius 2 is 1.73 bits per heavy atom. The third-order valence-electron chi connectivity index (χ3n) is 7.65. The highest BCUT2D eigenvalue weighted by atomic mass is 32.2. The van der Waals surface area contributed by atoms with E-state index in [1.165, 1.54) is 41.6 Å². The molecular formula is C31H27F5N2O2S. The highest BCUT2D eigenvalue weighted by Crippen LogP contribution is 2.45. The molecule has 214 valence electrons. The minimum absolute atomic E-state index is 0.0328. The van der Waals surface area contributed by atoms with E-state index in [1.54, 1.807) is 6.92 Å². The van der Waals surface area contributed by atoms with Crippen LogP contribution in [0.3, 0.4) is 0 Å². The number of aromatic nitrogens is 1. The van der Waals surface area contributed by atoms with Gasteiger partial charge >= 0.3 is 6.18 Å². The van der Waals surface area contributed by atoms with Gasteiger partial charge in [0, 0.05) is 23.3 Å². The molecule has 41 heavy (non-hydrogen) atoms. The molecule has 0 saturated heterocycles. The lowest BCUT2D eigenvalue weighted by molar-refractivity contribution is -0.138. The summed E-state index contributed by atoms with van der Waals surface area (Å²) in [5.74, 6) is -1.54. The maximum atomic E-state index is 15.6. The summed E-state index contributed by atoms with van der Waals surface area (Å²) in [7, 11) is 1.29. The van der Waals surface area contributed by atoms with Crippen LogP contribution in [-0.4, -0.2) is 17.4 Å². The van der Waals surface area contributed by atoms with Crippen LogP contribution in [0.2, 0.25) is 0 Å². The van der Waals surface area contributed by atoms with E-state index >= 15 is 8.78 Å². The Hall–Kier alpha value is -3.63. The molecule has 1 unspecified atom stereocenters. The van der Waals surface area contributed by atoms with E-state index in [0.29, 0.717) is 16.3 Å². The molecule has 0 fully saturated rings. The fraction of sp³-hybridized carbons (Fsp3) is 0.258. The van der Waals surface area contributed by atoms with Crippen LogP contribution in [0.4, 0.5) is 22.0 Å². The van der Waals surface area contributed by atoms with Gasteiger partial charge in [0.1, 0.15) is 5.82 Å². The first-order valence-corrected chi connectivity index (χ1v) is 13.8. The fourth-order valence-electron chi connectivity index (χ4n) is 5.53. The highest BCUT2D eigenvalue weighted by Gasteiger charge is 2.38. The third-order valence-corrected chi connectivity index (χ3v) is 8.88. The minimum Gasteiger partial charge on any atom is -0.494 e. The van der Waals surface area contributed by atoms with Crippen LogP contribution in [-0.2, 0) is 12.6 Å². The number of halogens is 5. The molecule has 0 saturated carbocycles. The average molecular weight is 587 g/mol. The summed E-state index contributed by atoms with van der Waals surface area (Å²) >= 11 is 1.27. The van der Waals surface area contributed by atoms with Crippen LogP contribution in [0, 0.1) is 25.5 Å². The normalized spacial score (nSPS) is 15.6. The summed E-state index contributed by atoms with van der Waals surface area (Å²) in [4.78, 5) is 14.2. The quantitative estimate of drug-likeness (QED) is 0.240. The molecular weight excluding hydrogens is 559 g/mol. The number of ether oxygens (including phenoxy) is 1. The maximum Gasteiger partial charge on any atom is 0.416 e. The van der Waals surface area contributed by atoms with Crippen molar-refractivity contribution < 1.29 is 26.7 Å². The predicted molar refractivity (Wildman–Crippen MR) is 149 cm³/mol. The van der Waals surface area contributed by atoms with Crippen LogP contribution in [0.1, 0.15) is 45.5 Å². The van der Waals surface area contributed by atoms with Gasteiger partial charge in [-0.15, -0.1) is 11.8 Å². The number of methoxy groups -OCH3 is 1. The van der Waals surface area contributed by atoms with E-state index < -0.39 is 53.0 Å². The SMILES string of the molecule is COc1cccc(-c2c(C)c(Cc3c(F)cccc3C(F)(F)F)c3n(c2=O)[C@@H](C(N)c2ccccc2C)CS3)c1F. The number of nitrogens with two attached hydrogens (primary N) is 1. The second-order valence-corrected chi connectivity index (χ2v) is 11.0. The van der Waals surface area contributed by atoms with Gasteiger partial charge in [0.25, 0.3) is 5.56 Å². The van der Waals surface area contributed by atoms with Crippen LogP contribution in [0.25, 0.3) is 11.1 Å². The molecule has 0 spiro atoms. The number of nitrogens with zero attached hydrogens (tertiary/aromatic N) is 1. The average Bonchev–Trinajstić information content (AvgIpc) is 3.37. The zero-order valence-electron chi connectivity index (χ0n) is 22.5. The number of alkyl halides is 3. The van der Waals surface area contributed by atoms with E-state index in [1.807, 2.05) is 31.2 Å². The van der Waals surface area contributed by atoms with Crippen molar-refractivity contribution in [1.82, 2.24) is 4.57 Å². The first-order chi connectivity index (χ1) is 19.5. The monoisotopic (exact) mass is 586 g/mol. The van der Waals surface area contributed by atoms with Crippen molar-refractivity contribution in [2.24, 2.45) is 5.73 Å². The summed E-state index contributed by atoms with van der Waals surface area (Å²) < 4.78 is 79.0. The number of hydrogen-bond acceptors (Lipinski definition) is 4. The maximum absolute atomic E-state index is 15.6. The van der Waals surface area contributed by atoms with Gasteiger partial charge in [0.15, 0.2) is 11.6 Å². The molecule has 1 aromatic heterocycles. The second kappa shape index (κ2) is 11.0. The standard InChI is InChI=1S/C31H27F5N2O2S/c1-16-8-4-5-9-18(16)28(37)24-15-41-30-20(14-21-22(31(34,35)36)11-7-12-23(21)32)17(2)26(29(39)38(24)30)19-10-6-13-25(40-3)27(19)33/h4-13,24,28H,14-15,37H2,1-3H3/t24-,28?/m1/s1. The molecule has 0 radical (unpaired) electrons. The molecule has 4 nitrogen and oxygen atoms in total. The van der Waals surface area contributed by atoms with Crippen molar-refractivity contribution in [3.63, 3.8) is 0 Å². The van der Waals surface area contributed by atoms with Crippen LogP contribution >= 0.6 is 11.8 Å². The Bertz CT molecular complexity index is 1700. The van der Waals surface area contributed by atoms with Gasteiger partial charge in [-0.05, 0) is 54.3 Å². The second-order valence-electron chi connectivity index (χ2n) is 9.98. The summed E-state index contributed by atoms with van der Waals surface area (Å²) in [6.45, 7) is 3.45. The topological polar surface area (TPSA) is 57.2 Å². The van der Waals surface area contributed by atoms with E-state index in [0.717, 1.165) is 29.3 Å². The van der Waals surface area contributed by atoms with Crippen molar-refractivity contribution >= 4 is 11.8 Å². The van der Waals surface area contributed by atoms with E-state index in [-0.39, 0.29) is 22.4 Å². The number of benzene rings is 3. The van der Waals surface area contributed by atoms with Crippen molar-refractivity contribution in [1.29, 1.82) is 0 Å². The Labute approximate surface area is 238 Å². The lowest BCUT2D eigenvalue weighted by Crippen LogP contribution is -2.33. The molecule has 2 atom stereocenters. The van der Waals surface area contributed by atoms with E-state index in [4.69, 9.17) is 10.5 Å². The zero-order chi connectivity index (χ0) is 29.6. The van der Waals surface area contributed by atoms with Crippen LogP contribution in [0.5, 0.6) is 5.75 Å². The van der Waals surface area contributed by atoms with Gasteiger partial charge in [-0.1, -0.05) is 42.5 Å². The molecule has 5 rings (SSSR count). The van der Waals surface area contributed by atoms with Crippen molar-refractivity contribution in [3.05, 3.63) is 116 Å². The minimum atomic E-state index is -4.80. The molecule has 3 aromatic carbocycles. The summed E-state index contributed by atoms with van der Waals surface area (Å²) in [5, 5.41) is 0.393. The third kappa shape index (κ3) is 5.04. The van der Waals surface area contributed by atoms with E-state index in [9.17, 15) is 18.0 Å². The number of pyridine rings is 1. The Kier molecular flexibility index (Phi) is 7.74. The summed E-state index contributed by atoms with van der Waals surface area (Å²) in [6, 6.07) is 13.4. The molecule has 1 aliphatic rings. The lowest BCUT2D eigenvalue weighted by Gasteiger charge is -2.26. The zero-order valence-corrected chi connectivity index (χ0v) is 23.3. The number of fused-ring (bicyclic) bond motifs is 1. The van der Waals surface area contributed by atoms with Gasteiger partial charge in [-0.25, -0.2) is 8.78 Å². The molecule has 4 aromatic rings. The van der Waals surface area contributed by atoms with Crippen LogP contribution in [0.15, 0.2) is 70.5 Å². The number of hydrogen-bond donors (Lipinski definition) is 1. The number of aryl methyl sites for hydroxylation is 1. The summed E-state index contributed by atoms with van der Waals surface area (Å²) in [6.07, 6.45) is -5.26. The molecule has 2 N–H and O–H groups in total. The highest BCUT2D eigenvalue weighted by molar-refractivity contribution is 7.99. The molecule has 0 bridgehead atoms. The largest absolute Gasteiger partial charge is 0.494 e. The lowest BCUT2D eigenvalue weighted by atomic mass is 9.91. The Morgan fingerprint density at radius 1 is 1.02 bits per heavy atom. The molecule has 0 amide bonds. The van der Waals surface area contributed by atoms with Crippen molar-refractivity contribution in [3.8, 4) is 16.9 Å². The first kappa shape index (κ1) is 28.9. The Morgan fingerprint density at radius 3 is 2.41 bits per heavy atom. The molecule has 2 heterocycles. The number of rotatable bonds is 6. The first-order valence-electron chi connectivity index (χ1n) is 12.8. The summed E-state index contributed by atoms with van der Waals surface area (Å²) in [5.41, 5.74) is 6.74. The Balaban J connectivity index is 1.79. The van der Waals surface area contributed by atoms with Crippen molar-refractivity contribution in [2.45, 2.75) is 43.6 Å². The van der Waals surface area contributed by atoms with Gasteiger partial charge in [-0.3, -0.25) is 9.36 Å². The molecule has 1 aliphatic heterocycles. The fourth-order valence-corrected chi connectivity index (χ4v) is 6.97. The molecule has 10 heteroatoms. The van der Waals surface area contributed by atoms with Gasteiger partial charge < -0.3 is 10.5 Å². The van der Waals surface area contributed by atoms with E-state index in [2.05, 4.69) is 0 Å².